The topological polar surface area (TPSA) is 29.5 Å². The van der Waals surface area contributed by atoms with Crippen LogP contribution < -0.4 is 9.64 Å². The lowest BCUT2D eigenvalue weighted by molar-refractivity contribution is -0.121. The van der Waals surface area contributed by atoms with E-state index in [0.717, 1.165) is 17.0 Å². The van der Waals surface area contributed by atoms with Crippen molar-refractivity contribution in [3.63, 3.8) is 0 Å². The molecule has 128 valence electrons. The van der Waals surface area contributed by atoms with Gasteiger partial charge in [-0.2, -0.15) is 0 Å². The summed E-state index contributed by atoms with van der Waals surface area (Å²) in [6.07, 6.45) is 5.18. The first kappa shape index (κ1) is 16.8. The second kappa shape index (κ2) is 6.09. The number of ether oxygens (including phenoxy) is 1. The maximum Gasteiger partial charge on any atom is 0.265 e. The van der Waals surface area contributed by atoms with Gasteiger partial charge < -0.3 is 4.74 Å². The Morgan fingerprint density at radius 3 is 2.40 bits per heavy atom. The van der Waals surface area contributed by atoms with Crippen LogP contribution in [0.25, 0.3) is 11.1 Å². The first-order chi connectivity index (χ1) is 11.8. The molecule has 0 unspecified atom stereocenters. The van der Waals surface area contributed by atoms with Crippen LogP contribution in [0.5, 0.6) is 5.75 Å². The average Bonchev–Trinajstić information content (AvgIpc) is 2.59. The molecule has 25 heavy (non-hydrogen) atoms. The van der Waals surface area contributed by atoms with Crippen molar-refractivity contribution in [3.05, 3.63) is 47.3 Å². The van der Waals surface area contributed by atoms with E-state index < -0.39 is 46.1 Å². The van der Waals surface area contributed by atoms with Crippen LogP contribution in [0.3, 0.4) is 0 Å². The average molecular weight is 353 g/mol. The summed E-state index contributed by atoms with van der Waals surface area (Å²) >= 11 is 0. The van der Waals surface area contributed by atoms with Crippen molar-refractivity contribution < 1.29 is 31.5 Å². The number of halogens is 5. The zero-order chi connectivity index (χ0) is 18.3. The maximum atomic E-state index is 14.3. The first-order valence-corrected chi connectivity index (χ1v) is 6.88. The van der Waals surface area contributed by atoms with Gasteiger partial charge in [-0.15, -0.1) is 6.42 Å². The second-order valence-corrected chi connectivity index (χ2v) is 5.12. The van der Waals surface area contributed by atoms with Gasteiger partial charge in [-0.05, 0) is 12.1 Å². The number of benzene rings is 2. The van der Waals surface area contributed by atoms with E-state index >= 15 is 0 Å². The molecule has 2 aromatic carbocycles. The molecule has 0 bridgehead atoms. The van der Waals surface area contributed by atoms with Crippen LogP contribution in [0, 0.1) is 41.4 Å². The third kappa shape index (κ3) is 2.67. The predicted molar refractivity (Wildman–Crippen MR) is 78.3 cm³/mol. The van der Waals surface area contributed by atoms with Crippen LogP contribution in [-0.2, 0) is 4.79 Å². The Labute approximate surface area is 138 Å². The van der Waals surface area contributed by atoms with Crippen molar-refractivity contribution >= 4 is 11.6 Å². The summed E-state index contributed by atoms with van der Waals surface area (Å²) in [7, 11) is 0. The standard InChI is InChI=1S/C17H8F5NO2/c1-2-3-23-12-5-8(10(18)6-13(12)25-7-14(23)24)9-4-11(19)16(21)17(22)15(9)20/h1,4-6H,3,7H2. The van der Waals surface area contributed by atoms with Crippen molar-refractivity contribution in [1.29, 1.82) is 0 Å². The van der Waals surface area contributed by atoms with E-state index in [0.29, 0.717) is 6.07 Å². The highest BCUT2D eigenvalue weighted by atomic mass is 19.2. The quantitative estimate of drug-likeness (QED) is 0.358. The summed E-state index contributed by atoms with van der Waals surface area (Å²) in [6.45, 7) is -0.545. The Bertz CT molecular complexity index is 936. The molecule has 0 saturated carbocycles. The van der Waals surface area contributed by atoms with Gasteiger partial charge in [0.2, 0.25) is 0 Å². The number of anilines is 1. The number of fused-ring (bicyclic) bond motifs is 1. The molecule has 3 rings (SSSR count). The molecular formula is C17H8F5NO2. The fourth-order valence-corrected chi connectivity index (χ4v) is 2.46. The minimum atomic E-state index is -2.07. The Morgan fingerprint density at radius 1 is 1.00 bits per heavy atom. The summed E-state index contributed by atoms with van der Waals surface area (Å²) in [6, 6.07) is 2.13. The molecule has 0 aromatic heterocycles. The normalized spacial score (nSPS) is 13.3. The number of carbonyl (C=O) groups excluding carboxylic acids is 1. The van der Waals surface area contributed by atoms with Crippen molar-refractivity contribution in [2.24, 2.45) is 0 Å². The third-order valence-corrected chi connectivity index (χ3v) is 3.63. The van der Waals surface area contributed by atoms with Gasteiger partial charge in [-0.3, -0.25) is 9.69 Å². The molecule has 0 spiro atoms. The van der Waals surface area contributed by atoms with Gasteiger partial charge in [-0.1, -0.05) is 5.92 Å². The lowest BCUT2D eigenvalue weighted by atomic mass is 10.0. The summed E-state index contributed by atoms with van der Waals surface area (Å²) < 4.78 is 73.3. The van der Waals surface area contributed by atoms with E-state index in [1.807, 2.05) is 0 Å². The number of carbonyl (C=O) groups is 1. The van der Waals surface area contributed by atoms with Crippen LogP contribution in [0.1, 0.15) is 0 Å². The molecule has 1 aliphatic rings. The molecule has 0 aliphatic carbocycles. The highest BCUT2D eigenvalue weighted by Gasteiger charge is 2.29. The molecule has 2 aromatic rings. The first-order valence-electron chi connectivity index (χ1n) is 6.88. The van der Waals surface area contributed by atoms with Gasteiger partial charge in [0, 0.05) is 17.2 Å². The maximum absolute atomic E-state index is 14.3. The van der Waals surface area contributed by atoms with Gasteiger partial charge in [0.05, 0.1) is 12.2 Å². The van der Waals surface area contributed by atoms with Crippen molar-refractivity contribution in [2.45, 2.75) is 0 Å². The molecule has 0 fully saturated rings. The van der Waals surface area contributed by atoms with Gasteiger partial charge in [0.25, 0.3) is 5.91 Å². The van der Waals surface area contributed by atoms with Gasteiger partial charge in [0.15, 0.2) is 29.9 Å². The summed E-state index contributed by atoms with van der Waals surface area (Å²) in [4.78, 5) is 12.9. The van der Waals surface area contributed by atoms with E-state index in [9.17, 15) is 26.7 Å². The predicted octanol–water partition coefficient (Wildman–Crippen LogP) is 3.41. The molecule has 1 aliphatic heterocycles. The number of rotatable bonds is 2. The third-order valence-electron chi connectivity index (χ3n) is 3.63. The van der Waals surface area contributed by atoms with Gasteiger partial charge in [0.1, 0.15) is 11.6 Å². The zero-order valence-electron chi connectivity index (χ0n) is 12.4. The lowest BCUT2D eigenvalue weighted by Gasteiger charge is -2.28. The summed E-state index contributed by atoms with van der Waals surface area (Å²) in [5.74, 6) is -6.93. The molecule has 3 nitrogen and oxygen atoms in total. The molecular weight excluding hydrogens is 345 g/mol. The molecule has 1 heterocycles. The molecule has 0 saturated heterocycles. The molecule has 0 radical (unpaired) electrons. The van der Waals surface area contributed by atoms with Crippen molar-refractivity contribution in [2.75, 3.05) is 18.1 Å². The Balaban J connectivity index is 2.23. The van der Waals surface area contributed by atoms with Crippen molar-refractivity contribution in [3.8, 4) is 29.2 Å². The second-order valence-electron chi connectivity index (χ2n) is 5.12. The Morgan fingerprint density at radius 2 is 1.72 bits per heavy atom. The monoisotopic (exact) mass is 353 g/mol. The van der Waals surface area contributed by atoms with E-state index in [1.54, 1.807) is 0 Å². The summed E-state index contributed by atoms with van der Waals surface area (Å²) in [5.41, 5.74) is -1.40. The SMILES string of the molecule is C#CCN1C(=O)COc2cc(F)c(-c3cc(F)c(F)c(F)c3F)cc21. The number of amides is 1. The number of hydrogen-bond donors (Lipinski definition) is 0. The van der Waals surface area contributed by atoms with Gasteiger partial charge in [-0.25, -0.2) is 22.0 Å². The van der Waals surface area contributed by atoms with Crippen LogP contribution in [0.15, 0.2) is 18.2 Å². The lowest BCUT2D eigenvalue weighted by Crippen LogP contribution is -2.39. The number of hydrogen-bond acceptors (Lipinski definition) is 2. The number of nitrogens with zero attached hydrogens (tertiary/aromatic N) is 1. The molecule has 0 N–H and O–H groups in total. The van der Waals surface area contributed by atoms with E-state index in [2.05, 4.69) is 5.92 Å². The fraction of sp³-hybridized carbons (Fsp3) is 0.118. The van der Waals surface area contributed by atoms with Crippen LogP contribution >= 0.6 is 0 Å². The largest absolute Gasteiger partial charge is 0.481 e. The highest BCUT2D eigenvalue weighted by molar-refractivity contribution is 5.99. The highest BCUT2D eigenvalue weighted by Crippen LogP contribution is 2.39. The fourth-order valence-electron chi connectivity index (χ4n) is 2.46. The minimum Gasteiger partial charge on any atom is -0.481 e. The van der Waals surface area contributed by atoms with Crippen LogP contribution in [0.4, 0.5) is 27.6 Å². The molecule has 8 heteroatoms. The number of terminal acetylenes is 1. The Kier molecular flexibility index (Phi) is 4.08. The minimum absolute atomic E-state index is 0.00939. The van der Waals surface area contributed by atoms with Crippen LogP contribution in [-0.4, -0.2) is 19.1 Å². The van der Waals surface area contributed by atoms with Crippen molar-refractivity contribution in [1.82, 2.24) is 0 Å². The zero-order valence-corrected chi connectivity index (χ0v) is 12.4. The molecule has 0 atom stereocenters. The smallest absolute Gasteiger partial charge is 0.265 e. The van der Waals surface area contributed by atoms with Gasteiger partial charge >= 0.3 is 0 Å². The van der Waals surface area contributed by atoms with E-state index in [4.69, 9.17) is 11.2 Å². The molecule has 1 amide bonds. The van der Waals surface area contributed by atoms with Crippen LogP contribution in [0.2, 0.25) is 0 Å². The Hall–Kier alpha value is -3.08. The summed E-state index contributed by atoms with van der Waals surface area (Å²) in [5, 5.41) is 0. The van der Waals surface area contributed by atoms with E-state index in [-0.39, 0.29) is 24.6 Å². The van der Waals surface area contributed by atoms with E-state index in [1.165, 1.54) is 0 Å².